The van der Waals surface area contributed by atoms with E-state index >= 15 is 0 Å². The molecule has 0 aliphatic heterocycles. The lowest BCUT2D eigenvalue weighted by Gasteiger charge is -2.40. The zero-order valence-corrected chi connectivity index (χ0v) is 12.2. The van der Waals surface area contributed by atoms with E-state index < -0.39 is 0 Å². The fourth-order valence-corrected chi connectivity index (χ4v) is 2.83. The van der Waals surface area contributed by atoms with Crippen molar-refractivity contribution in [1.82, 2.24) is 0 Å². The van der Waals surface area contributed by atoms with E-state index in [1.54, 1.807) is 19.1 Å². The first-order valence-corrected chi connectivity index (χ1v) is 7.22. The number of benzene rings is 1. The molecule has 0 heterocycles. The van der Waals surface area contributed by atoms with Crippen LogP contribution in [-0.2, 0) is 4.74 Å². The summed E-state index contributed by atoms with van der Waals surface area (Å²) in [6, 6.07) is 4.84. The minimum Gasteiger partial charge on any atom is -0.488 e. The number of rotatable bonds is 5. The molecule has 1 aromatic rings. The van der Waals surface area contributed by atoms with Crippen LogP contribution in [0.1, 0.15) is 25.3 Å². The van der Waals surface area contributed by atoms with E-state index in [9.17, 15) is 4.39 Å². The molecule has 0 spiro atoms. The van der Waals surface area contributed by atoms with Gasteiger partial charge in [-0.15, -0.1) is 0 Å². The lowest BCUT2D eigenvalue weighted by atomic mass is 9.91. The maximum Gasteiger partial charge on any atom is 0.127 e. The van der Waals surface area contributed by atoms with Crippen LogP contribution >= 0.6 is 15.9 Å². The Morgan fingerprint density at radius 1 is 1.44 bits per heavy atom. The molecule has 1 aliphatic carbocycles. The van der Waals surface area contributed by atoms with Crippen molar-refractivity contribution >= 4 is 15.9 Å². The van der Waals surface area contributed by atoms with Gasteiger partial charge in [0.1, 0.15) is 23.8 Å². The number of ether oxygens (including phenoxy) is 2. The lowest BCUT2D eigenvalue weighted by Crippen LogP contribution is -2.52. The van der Waals surface area contributed by atoms with Crippen molar-refractivity contribution in [2.24, 2.45) is 0 Å². The van der Waals surface area contributed by atoms with Gasteiger partial charge in [0.2, 0.25) is 0 Å². The molecule has 3 unspecified atom stereocenters. The van der Waals surface area contributed by atoms with Crippen LogP contribution in [0.3, 0.4) is 0 Å². The first-order valence-electron chi connectivity index (χ1n) is 6.30. The van der Waals surface area contributed by atoms with Gasteiger partial charge < -0.3 is 9.47 Å². The van der Waals surface area contributed by atoms with Gasteiger partial charge >= 0.3 is 0 Å². The van der Waals surface area contributed by atoms with Gasteiger partial charge in [0.25, 0.3) is 0 Å². The van der Waals surface area contributed by atoms with E-state index in [4.69, 9.17) is 9.47 Å². The van der Waals surface area contributed by atoms with Crippen LogP contribution in [0.15, 0.2) is 18.2 Å². The lowest BCUT2D eigenvalue weighted by molar-refractivity contribution is -0.0762. The van der Waals surface area contributed by atoms with Crippen molar-refractivity contribution in [3.63, 3.8) is 0 Å². The van der Waals surface area contributed by atoms with Crippen LogP contribution in [0.25, 0.3) is 0 Å². The summed E-state index contributed by atoms with van der Waals surface area (Å²) in [6.07, 6.45) is 2.07. The van der Waals surface area contributed by atoms with Gasteiger partial charge in [-0.25, -0.2) is 4.39 Å². The second-order valence-electron chi connectivity index (χ2n) is 4.65. The average Bonchev–Trinajstić information content (AvgIpc) is 2.33. The van der Waals surface area contributed by atoms with Crippen LogP contribution in [0, 0.1) is 12.7 Å². The predicted octanol–water partition coefficient (Wildman–Crippen LogP) is 3.84. The standard InChI is InChI=1S/C14H18BrFO2/c1-3-6-17-14-11(15)8-13(14)18-10-4-5-12(16)9(2)7-10/h4-5,7,11,13-14H,3,6,8H2,1-2H3. The molecular formula is C14H18BrFO2. The van der Waals surface area contributed by atoms with Gasteiger partial charge in [0.05, 0.1) is 0 Å². The molecular weight excluding hydrogens is 299 g/mol. The molecule has 4 heteroatoms. The maximum atomic E-state index is 13.1. The van der Waals surface area contributed by atoms with Crippen LogP contribution in [-0.4, -0.2) is 23.6 Å². The first kappa shape index (κ1) is 13.8. The molecule has 1 saturated carbocycles. The van der Waals surface area contributed by atoms with Gasteiger partial charge in [0.15, 0.2) is 0 Å². The molecule has 18 heavy (non-hydrogen) atoms. The van der Waals surface area contributed by atoms with E-state index in [0.29, 0.717) is 16.1 Å². The molecule has 0 radical (unpaired) electrons. The first-order chi connectivity index (χ1) is 8.61. The van der Waals surface area contributed by atoms with Crippen molar-refractivity contribution in [2.75, 3.05) is 6.61 Å². The average molecular weight is 317 g/mol. The third kappa shape index (κ3) is 3.04. The Kier molecular flexibility index (Phi) is 4.62. The Bertz CT molecular complexity index is 411. The minimum atomic E-state index is -0.201. The summed E-state index contributed by atoms with van der Waals surface area (Å²) in [6.45, 7) is 4.57. The van der Waals surface area contributed by atoms with Crippen molar-refractivity contribution in [1.29, 1.82) is 0 Å². The molecule has 1 aliphatic rings. The molecule has 0 N–H and O–H groups in total. The van der Waals surface area contributed by atoms with Gasteiger partial charge in [-0.3, -0.25) is 0 Å². The predicted molar refractivity (Wildman–Crippen MR) is 72.9 cm³/mol. The zero-order valence-electron chi connectivity index (χ0n) is 10.7. The van der Waals surface area contributed by atoms with Crippen LogP contribution in [0.5, 0.6) is 5.75 Å². The Morgan fingerprint density at radius 2 is 2.22 bits per heavy atom. The summed E-state index contributed by atoms with van der Waals surface area (Å²) in [5, 5.41) is 0. The molecule has 1 aromatic carbocycles. The largest absolute Gasteiger partial charge is 0.488 e. The van der Waals surface area contributed by atoms with Crippen molar-refractivity contribution < 1.29 is 13.9 Å². The molecule has 100 valence electrons. The van der Waals surface area contributed by atoms with Crippen LogP contribution in [0.4, 0.5) is 4.39 Å². The quantitative estimate of drug-likeness (QED) is 0.768. The van der Waals surface area contributed by atoms with Gasteiger partial charge in [-0.2, -0.15) is 0 Å². The van der Waals surface area contributed by atoms with Crippen LogP contribution in [0.2, 0.25) is 0 Å². The molecule has 0 bridgehead atoms. The Hall–Kier alpha value is -0.610. The second kappa shape index (κ2) is 6.02. The number of halogens is 2. The summed E-state index contributed by atoms with van der Waals surface area (Å²) in [4.78, 5) is 0.357. The Labute approximate surface area is 116 Å². The SMILES string of the molecule is CCCOC1C(Br)CC1Oc1ccc(F)c(C)c1. The van der Waals surface area contributed by atoms with Gasteiger partial charge in [-0.1, -0.05) is 22.9 Å². The summed E-state index contributed by atoms with van der Waals surface area (Å²) in [5.74, 6) is 0.511. The normalized spacial score (nSPS) is 26.8. The van der Waals surface area contributed by atoms with E-state index in [0.717, 1.165) is 19.4 Å². The van der Waals surface area contributed by atoms with E-state index in [1.807, 2.05) is 0 Å². The Morgan fingerprint density at radius 3 is 2.83 bits per heavy atom. The van der Waals surface area contributed by atoms with Crippen molar-refractivity contribution in [3.8, 4) is 5.75 Å². The molecule has 3 atom stereocenters. The third-order valence-corrected chi connectivity index (χ3v) is 4.01. The highest BCUT2D eigenvalue weighted by atomic mass is 79.9. The summed E-state index contributed by atoms with van der Waals surface area (Å²) < 4.78 is 24.7. The van der Waals surface area contributed by atoms with Crippen molar-refractivity contribution in [2.45, 2.75) is 43.7 Å². The number of alkyl halides is 1. The minimum absolute atomic E-state index is 0.0609. The highest BCUT2D eigenvalue weighted by molar-refractivity contribution is 9.09. The highest BCUT2D eigenvalue weighted by Gasteiger charge is 2.42. The Balaban J connectivity index is 1.94. The second-order valence-corrected chi connectivity index (χ2v) is 5.83. The molecule has 2 rings (SSSR count). The molecule has 0 saturated heterocycles. The van der Waals surface area contributed by atoms with E-state index in [1.165, 1.54) is 6.07 Å². The zero-order chi connectivity index (χ0) is 13.1. The smallest absolute Gasteiger partial charge is 0.127 e. The third-order valence-electron chi connectivity index (χ3n) is 3.11. The van der Waals surface area contributed by atoms with Gasteiger partial charge in [-0.05, 0) is 37.1 Å². The van der Waals surface area contributed by atoms with Crippen LogP contribution < -0.4 is 4.74 Å². The molecule has 2 nitrogen and oxygen atoms in total. The topological polar surface area (TPSA) is 18.5 Å². The monoisotopic (exact) mass is 316 g/mol. The molecule has 1 fully saturated rings. The summed E-state index contributed by atoms with van der Waals surface area (Å²) in [7, 11) is 0. The highest BCUT2D eigenvalue weighted by Crippen LogP contribution is 2.34. The fourth-order valence-electron chi connectivity index (χ4n) is 1.97. The fraction of sp³-hybridized carbons (Fsp3) is 0.571. The number of hydrogen-bond donors (Lipinski definition) is 0. The van der Waals surface area contributed by atoms with E-state index in [2.05, 4.69) is 22.9 Å². The van der Waals surface area contributed by atoms with E-state index in [-0.39, 0.29) is 18.0 Å². The maximum absolute atomic E-state index is 13.1. The summed E-state index contributed by atoms with van der Waals surface area (Å²) in [5.41, 5.74) is 0.605. The summed E-state index contributed by atoms with van der Waals surface area (Å²) >= 11 is 3.57. The number of hydrogen-bond acceptors (Lipinski definition) is 2. The molecule has 0 aromatic heterocycles. The van der Waals surface area contributed by atoms with Crippen molar-refractivity contribution in [3.05, 3.63) is 29.6 Å². The van der Waals surface area contributed by atoms with Gasteiger partial charge in [0, 0.05) is 17.9 Å². The molecule has 0 amide bonds. The number of aryl methyl sites for hydroxylation is 1.